The van der Waals surface area contributed by atoms with Gasteiger partial charge >= 0.3 is 5.69 Å². The molecule has 0 bridgehead atoms. The summed E-state index contributed by atoms with van der Waals surface area (Å²) in [6.07, 6.45) is 4.02. The fourth-order valence-electron chi connectivity index (χ4n) is 2.17. The van der Waals surface area contributed by atoms with Gasteiger partial charge in [0, 0.05) is 18.3 Å². The Labute approximate surface area is 111 Å². The van der Waals surface area contributed by atoms with E-state index in [1.807, 2.05) is 0 Å². The van der Waals surface area contributed by atoms with Crippen LogP contribution in [-0.4, -0.2) is 36.7 Å². The number of nitrogens with zero attached hydrogens (tertiary/aromatic N) is 2. The Balaban J connectivity index is 2.26. The van der Waals surface area contributed by atoms with Crippen molar-refractivity contribution >= 4 is 15.5 Å². The van der Waals surface area contributed by atoms with Gasteiger partial charge < -0.3 is 5.32 Å². The standard InChI is InChI=1S/C11H15N3O4S/c15-14(16)10-5-3-7-13-11(10)19(17,18)8-9-4-1-2-6-12-9/h3,5,7,9,12H,1-2,4,6,8H2. The predicted octanol–water partition coefficient (Wildman–Crippen LogP) is 0.906. The molecule has 1 saturated heterocycles. The quantitative estimate of drug-likeness (QED) is 0.651. The molecule has 0 aromatic carbocycles. The second-order valence-corrected chi connectivity index (χ2v) is 6.46. The first-order valence-electron chi connectivity index (χ1n) is 6.06. The molecule has 0 aliphatic carbocycles. The number of sulfone groups is 1. The van der Waals surface area contributed by atoms with Crippen molar-refractivity contribution in [3.8, 4) is 0 Å². The van der Waals surface area contributed by atoms with Crippen LogP contribution >= 0.6 is 0 Å². The number of nitro groups is 1. The number of piperidine rings is 1. The van der Waals surface area contributed by atoms with Gasteiger partial charge in [0.2, 0.25) is 14.9 Å². The van der Waals surface area contributed by atoms with Crippen LogP contribution in [-0.2, 0) is 9.84 Å². The number of pyridine rings is 1. The van der Waals surface area contributed by atoms with Gasteiger partial charge in [-0.3, -0.25) is 10.1 Å². The molecule has 0 amide bonds. The van der Waals surface area contributed by atoms with Crippen LogP contribution in [0.2, 0.25) is 0 Å². The van der Waals surface area contributed by atoms with E-state index < -0.39 is 25.5 Å². The van der Waals surface area contributed by atoms with Gasteiger partial charge in [0.15, 0.2) is 0 Å². The molecule has 104 valence electrons. The highest BCUT2D eigenvalue weighted by atomic mass is 32.2. The van der Waals surface area contributed by atoms with E-state index in [2.05, 4.69) is 10.3 Å². The molecule has 0 radical (unpaired) electrons. The van der Waals surface area contributed by atoms with Crippen LogP contribution in [0.25, 0.3) is 0 Å². The van der Waals surface area contributed by atoms with Gasteiger partial charge in [-0.05, 0) is 25.5 Å². The maximum absolute atomic E-state index is 12.2. The first-order chi connectivity index (χ1) is 9.00. The van der Waals surface area contributed by atoms with Crippen LogP contribution in [0.3, 0.4) is 0 Å². The second kappa shape index (κ2) is 5.62. The van der Waals surface area contributed by atoms with Crippen LogP contribution in [0.1, 0.15) is 19.3 Å². The molecule has 1 aliphatic rings. The number of hydrogen-bond acceptors (Lipinski definition) is 6. The minimum absolute atomic E-state index is 0.148. The van der Waals surface area contributed by atoms with E-state index in [1.54, 1.807) is 0 Å². The molecule has 8 heteroatoms. The molecule has 1 aliphatic heterocycles. The van der Waals surface area contributed by atoms with Crippen LogP contribution in [0, 0.1) is 10.1 Å². The summed E-state index contributed by atoms with van der Waals surface area (Å²) in [7, 11) is -3.75. The fraction of sp³-hybridized carbons (Fsp3) is 0.545. The smallest absolute Gasteiger partial charge is 0.306 e. The largest absolute Gasteiger partial charge is 0.313 e. The SMILES string of the molecule is O=[N+]([O-])c1cccnc1S(=O)(=O)CC1CCCCN1. The van der Waals surface area contributed by atoms with Crippen LogP contribution in [0.15, 0.2) is 23.4 Å². The van der Waals surface area contributed by atoms with E-state index >= 15 is 0 Å². The summed E-state index contributed by atoms with van der Waals surface area (Å²) < 4.78 is 24.4. The molecule has 1 N–H and O–H groups in total. The Morgan fingerprint density at radius 3 is 2.89 bits per heavy atom. The Morgan fingerprint density at radius 2 is 2.26 bits per heavy atom. The highest BCUT2D eigenvalue weighted by Crippen LogP contribution is 2.23. The van der Waals surface area contributed by atoms with Gasteiger partial charge in [-0.1, -0.05) is 6.42 Å². The topological polar surface area (TPSA) is 102 Å². The first kappa shape index (κ1) is 13.9. The molecule has 2 rings (SSSR count). The molecule has 7 nitrogen and oxygen atoms in total. The number of aromatic nitrogens is 1. The maximum atomic E-state index is 12.2. The summed E-state index contributed by atoms with van der Waals surface area (Å²) in [6, 6.07) is 2.37. The van der Waals surface area contributed by atoms with Crippen molar-refractivity contribution in [2.45, 2.75) is 30.3 Å². The van der Waals surface area contributed by atoms with Crippen LogP contribution in [0.4, 0.5) is 5.69 Å². The third kappa shape index (κ3) is 3.27. The monoisotopic (exact) mass is 285 g/mol. The molecule has 1 fully saturated rings. The van der Waals surface area contributed by atoms with E-state index in [0.717, 1.165) is 31.9 Å². The van der Waals surface area contributed by atoms with E-state index in [1.165, 1.54) is 12.3 Å². The minimum Gasteiger partial charge on any atom is -0.313 e. The summed E-state index contributed by atoms with van der Waals surface area (Å²) in [6.45, 7) is 0.782. The van der Waals surface area contributed by atoms with Crippen LogP contribution in [0.5, 0.6) is 0 Å². The van der Waals surface area contributed by atoms with E-state index in [0.29, 0.717) is 0 Å². The van der Waals surface area contributed by atoms with Crippen molar-refractivity contribution in [1.29, 1.82) is 0 Å². The Morgan fingerprint density at radius 1 is 1.47 bits per heavy atom. The molecule has 1 unspecified atom stereocenters. The van der Waals surface area contributed by atoms with Gasteiger partial charge in [0.25, 0.3) is 0 Å². The minimum atomic E-state index is -3.75. The summed E-state index contributed by atoms with van der Waals surface area (Å²) in [5, 5.41) is 13.5. The van der Waals surface area contributed by atoms with Gasteiger partial charge in [0.1, 0.15) is 0 Å². The van der Waals surface area contributed by atoms with Gasteiger partial charge in [0.05, 0.1) is 10.7 Å². The van der Waals surface area contributed by atoms with Crippen molar-refractivity contribution in [2.24, 2.45) is 0 Å². The lowest BCUT2D eigenvalue weighted by Gasteiger charge is -2.22. The summed E-state index contributed by atoms with van der Waals surface area (Å²) >= 11 is 0. The second-order valence-electron chi connectivity index (χ2n) is 4.51. The van der Waals surface area contributed by atoms with Gasteiger partial charge in [-0.25, -0.2) is 13.4 Å². The highest BCUT2D eigenvalue weighted by Gasteiger charge is 2.30. The zero-order chi connectivity index (χ0) is 13.9. The number of hydrogen-bond donors (Lipinski definition) is 1. The van der Waals surface area contributed by atoms with Crippen molar-refractivity contribution in [2.75, 3.05) is 12.3 Å². The molecular formula is C11H15N3O4S. The van der Waals surface area contributed by atoms with Crippen molar-refractivity contribution < 1.29 is 13.3 Å². The third-order valence-corrected chi connectivity index (χ3v) is 4.82. The zero-order valence-corrected chi connectivity index (χ0v) is 11.1. The normalized spacial score (nSPS) is 20.1. The third-order valence-electron chi connectivity index (χ3n) is 3.08. The Hall–Kier alpha value is -1.54. The summed E-state index contributed by atoms with van der Waals surface area (Å²) in [5.41, 5.74) is -0.460. The summed E-state index contributed by atoms with van der Waals surface area (Å²) in [4.78, 5) is 13.8. The highest BCUT2D eigenvalue weighted by molar-refractivity contribution is 7.91. The summed E-state index contributed by atoms with van der Waals surface area (Å²) in [5.74, 6) is -0.148. The molecule has 19 heavy (non-hydrogen) atoms. The average molecular weight is 285 g/mol. The molecular weight excluding hydrogens is 270 g/mol. The molecule has 0 spiro atoms. The van der Waals surface area contributed by atoms with Crippen LogP contribution < -0.4 is 5.32 Å². The molecule has 1 atom stereocenters. The maximum Gasteiger partial charge on any atom is 0.306 e. The average Bonchev–Trinajstić information content (AvgIpc) is 2.39. The van der Waals surface area contributed by atoms with Crippen molar-refractivity contribution in [1.82, 2.24) is 10.3 Å². The lowest BCUT2D eigenvalue weighted by molar-refractivity contribution is -0.388. The molecule has 0 saturated carbocycles. The fourth-order valence-corrected chi connectivity index (χ4v) is 3.83. The van der Waals surface area contributed by atoms with Crippen molar-refractivity contribution in [3.63, 3.8) is 0 Å². The predicted molar refractivity (Wildman–Crippen MR) is 68.6 cm³/mol. The van der Waals surface area contributed by atoms with E-state index in [9.17, 15) is 18.5 Å². The van der Waals surface area contributed by atoms with Gasteiger partial charge in [-0.2, -0.15) is 0 Å². The number of rotatable bonds is 4. The lowest BCUT2D eigenvalue weighted by atomic mass is 10.1. The van der Waals surface area contributed by atoms with Gasteiger partial charge in [-0.15, -0.1) is 0 Å². The molecule has 1 aromatic heterocycles. The van der Waals surface area contributed by atoms with E-state index in [4.69, 9.17) is 0 Å². The number of nitrogens with one attached hydrogen (secondary N) is 1. The lowest BCUT2D eigenvalue weighted by Crippen LogP contribution is -2.39. The Bertz CT molecular complexity index is 567. The van der Waals surface area contributed by atoms with Crippen molar-refractivity contribution in [3.05, 3.63) is 28.4 Å². The zero-order valence-electron chi connectivity index (χ0n) is 10.3. The Kier molecular flexibility index (Phi) is 4.11. The molecule has 1 aromatic rings. The first-order valence-corrected chi connectivity index (χ1v) is 7.71. The van der Waals surface area contributed by atoms with E-state index in [-0.39, 0.29) is 11.8 Å². The molecule has 2 heterocycles.